The lowest BCUT2D eigenvalue weighted by atomic mass is 9.78. The second-order valence-electron chi connectivity index (χ2n) is 14.1. The smallest absolute Gasteiger partial charge is 0.341 e. The van der Waals surface area contributed by atoms with Gasteiger partial charge in [0.1, 0.15) is 23.4 Å². The molecule has 3 aliphatic rings. The number of hydrogen-bond acceptors (Lipinski definition) is 13. The highest BCUT2D eigenvalue weighted by Gasteiger charge is 2.49. The summed E-state index contributed by atoms with van der Waals surface area (Å²) >= 11 is 0. The second kappa shape index (κ2) is 16.5. The summed E-state index contributed by atoms with van der Waals surface area (Å²) in [6.45, 7) is 11.4. The van der Waals surface area contributed by atoms with Crippen molar-refractivity contribution in [3.05, 3.63) is 53.3 Å². The molecule has 1 amide bonds. The number of aromatic hydroxyl groups is 2. The Bertz CT molecular complexity index is 1900. The van der Waals surface area contributed by atoms with Gasteiger partial charge in [-0.25, -0.2) is 4.79 Å². The summed E-state index contributed by atoms with van der Waals surface area (Å²) in [7, 11) is 1.41. The van der Waals surface area contributed by atoms with Gasteiger partial charge in [-0.3, -0.25) is 14.4 Å². The third-order valence-electron chi connectivity index (χ3n) is 10.2. The molecule has 0 spiro atoms. The summed E-state index contributed by atoms with van der Waals surface area (Å²) in [5, 5.41) is 57.0. The van der Waals surface area contributed by atoms with Gasteiger partial charge in [0.05, 0.1) is 41.2 Å². The molecule has 9 unspecified atom stereocenters. The molecular formula is C39H49NO14. The number of ether oxygens (including phenoxy) is 5. The number of hydrogen-bond donors (Lipinski definition) is 6. The molecule has 2 aromatic carbocycles. The average Bonchev–Trinajstić information content (AvgIpc) is 3.38. The number of phenolic OH excluding ortho intramolecular Hbond substituents is 2. The predicted octanol–water partition coefficient (Wildman–Crippen LogP) is 4.51. The van der Waals surface area contributed by atoms with Crippen LogP contribution in [0.3, 0.4) is 0 Å². The van der Waals surface area contributed by atoms with Crippen LogP contribution in [0.25, 0.3) is 10.8 Å². The number of carbonyl (C=O) groups excluding carboxylic acids is 3. The minimum atomic E-state index is -2.05. The molecule has 0 fully saturated rings. The van der Waals surface area contributed by atoms with Crippen LogP contribution in [0.1, 0.15) is 64.4 Å². The summed E-state index contributed by atoms with van der Waals surface area (Å²) in [5.74, 6) is -9.54. The molecule has 0 radical (unpaired) electrons. The normalized spacial score (nSPS) is 30.5. The quantitative estimate of drug-likeness (QED) is 0.182. The highest BCUT2D eigenvalue weighted by molar-refractivity contribution is 6.21. The molecule has 6 N–H and O–H groups in total. The highest BCUT2D eigenvalue weighted by Crippen LogP contribution is 2.54. The highest BCUT2D eigenvalue weighted by atomic mass is 16.7. The Hall–Kier alpha value is -5.12. The third-order valence-corrected chi connectivity index (χ3v) is 10.2. The molecule has 0 aliphatic carbocycles. The molecule has 0 aromatic heterocycles. The zero-order valence-electron chi connectivity index (χ0n) is 31.7. The van der Waals surface area contributed by atoms with E-state index >= 15 is 0 Å². The predicted molar refractivity (Wildman–Crippen MR) is 195 cm³/mol. The van der Waals surface area contributed by atoms with Gasteiger partial charge in [0.25, 0.3) is 11.7 Å². The zero-order valence-corrected chi connectivity index (χ0v) is 31.7. The molecule has 3 aliphatic heterocycles. The molecule has 3 heterocycles. The fourth-order valence-electron chi connectivity index (χ4n) is 6.89. The lowest BCUT2D eigenvalue weighted by Crippen LogP contribution is -2.46. The van der Waals surface area contributed by atoms with Gasteiger partial charge < -0.3 is 54.5 Å². The minimum absolute atomic E-state index is 0.0301. The number of aliphatic hydroxyl groups excluding tert-OH is 2. The fourth-order valence-corrected chi connectivity index (χ4v) is 6.89. The molecule has 294 valence electrons. The number of allylic oxidation sites excluding steroid dienone is 2. The Kier molecular flexibility index (Phi) is 12.7. The number of carbonyl (C=O) groups is 4. The van der Waals surface area contributed by atoms with Gasteiger partial charge in [-0.05, 0) is 19.9 Å². The van der Waals surface area contributed by atoms with Crippen molar-refractivity contribution in [2.24, 2.45) is 23.7 Å². The van der Waals surface area contributed by atoms with E-state index in [0.29, 0.717) is 0 Å². The molecule has 0 saturated carbocycles. The zero-order chi connectivity index (χ0) is 40.4. The number of aliphatic hydroxyl groups is 2. The van der Waals surface area contributed by atoms with E-state index < -0.39 is 95.6 Å². The van der Waals surface area contributed by atoms with E-state index in [1.54, 1.807) is 39.8 Å². The van der Waals surface area contributed by atoms with Crippen LogP contribution in [-0.4, -0.2) is 93.1 Å². The number of benzene rings is 2. The van der Waals surface area contributed by atoms with E-state index in [-0.39, 0.29) is 44.7 Å². The number of amides is 1. The van der Waals surface area contributed by atoms with Crippen molar-refractivity contribution in [3.8, 4) is 23.0 Å². The number of Topliss-reactive ketones (excluding diaryl/α,β-unsaturated/α-hetero) is 1. The first-order valence-electron chi connectivity index (χ1n) is 17.5. The molecule has 54 heavy (non-hydrogen) atoms. The molecule has 15 nitrogen and oxygen atoms in total. The number of esters is 1. The Balaban J connectivity index is 1.93. The number of aliphatic carboxylic acids is 1. The number of rotatable bonds is 5. The first-order valence-corrected chi connectivity index (χ1v) is 17.5. The van der Waals surface area contributed by atoms with Crippen LogP contribution in [-0.2, 0) is 28.6 Å². The molecular weight excluding hydrogens is 706 g/mol. The lowest BCUT2D eigenvalue weighted by molar-refractivity contribution is -0.160. The van der Waals surface area contributed by atoms with E-state index in [2.05, 4.69) is 5.32 Å². The largest absolute Gasteiger partial charge is 0.507 e. The Morgan fingerprint density at radius 3 is 2.24 bits per heavy atom. The Morgan fingerprint density at radius 1 is 0.963 bits per heavy atom. The number of nitrogens with one attached hydrogen (secondary N) is 1. The van der Waals surface area contributed by atoms with Gasteiger partial charge >= 0.3 is 17.7 Å². The number of anilines is 1. The third kappa shape index (κ3) is 8.17. The molecule has 2 aromatic rings. The van der Waals surface area contributed by atoms with Crippen LogP contribution >= 0.6 is 0 Å². The number of methoxy groups -OCH3 is 1. The van der Waals surface area contributed by atoms with Crippen molar-refractivity contribution in [1.29, 1.82) is 0 Å². The number of ketones is 1. The lowest BCUT2D eigenvalue weighted by Gasteiger charge is -2.38. The summed E-state index contributed by atoms with van der Waals surface area (Å²) < 4.78 is 28.9. The summed E-state index contributed by atoms with van der Waals surface area (Å²) in [6.07, 6.45) is 3.37. The van der Waals surface area contributed by atoms with Crippen molar-refractivity contribution < 1.29 is 68.4 Å². The number of carboxylic acids is 1. The molecule has 15 heteroatoms. The second-order valence-corrected chi connectivity index (χ2v) is 14.1. The van der Waals surface area contributed by atoms with Crippen LogP contribution in [0.2, 0.25) is 0 Å². The van der Waals surface area contributed by atoms with Crippen molar-refractivity contribution >= 4 is 40.1 Å². The monoisotopic (exact) mass is 755 g/mol. The Labute approximate surface area is 312 Å². The molecule has 5 bridgehead atoms. The summed E-state index contributed by atoms with van der Waals surface area (Å²) in [5.41, 5.74) is -0.251. The first kappa shape index (κ1) is 41.6. The van der Waals surface area contributed by atoms with Crippen molar-refractivity contribution in [3.63, 3.8) is 0 Å². The number of phenols is 2. The van der Waals surface area contributed by atoms with E-state index in [0.717, 1.165) is 6.07 Å². The van der Waals surface area contributed by atoms with Crippen LogP contribution in [0.5, 0.6) is 23.0 Å². The van der Waals surface area contributed by atoms with E-state index in [9.17, 15) is 44.7 Å². The van der Waals surface area contributed by atoms with Crippen molar-refractivity contribution in [2.75, 3.05) is 19.0 Å². The molecule has 9 atom stereocenters. The van der Waals surface area contributed by atoms with Gasteiger partial charge in [0.2, 0.25) is 0 Å². The SMILES string of the molecule is COC1/C=C/OC2(C)Oc3c(C)c(O)c4c(O)c(cc(OCC(=O)O)c4c3C2=O)NC(=O)C(C)=C/C=C/C(C)C(O)C(C)C(O)C(C)C(OC(C)=O)C1C. The van der Waals surface area contributed by atoms with E-state index in [4.69, 9.17) is 23.7 Å². The van der Waals surface area contributed by atoms with E-state index in [1.807, 2.05) is 0 Å². The average molecular weight is 756 g/mol. The van der Waals surface area contributed by atoms with Gasteiger partial charge in [0.15, 0.2) is 12.4 Å². The van der Waals surface area contributed by atoms with Crippen LogP contribution < -0.4 is 14.8 Å². The van der Waals surface area contributed by atoms with Crippen molar-refractivity contribution in [2.45, 2.75) is 85.6 Å². The van der Waals surface area contributed by atoms with Gasteiger partial charge in [0, 0.05) is 67.2 Å². The standard InChI is InChI=1S/C39H49NO14/c1-17-11-10-12-18(2)38(49)40-24-15-26(51-16-27(42)43)28-29(34(24)47)33(46)22(6)36-30(28)37(48)39(8,54-36)52-14-13-25(50-9)19(3)35(53-23(7)41)21(5)32(45)20(4)31(17)44/h10-15,17,19-21,25,31-32,35,44-47H,16H2,1-9H3,(H,40,49)(H,42,43)/b11-10+,14-13+,18-12?. The van der Waals surface area contributed by atoms with Gasteiger partial charge in [-0.15, -0.1) is 0 Å². The summed E-state index contributed by atoms with van der Waals surface area (Å²) in [6, 6.07) is 1.13. The minimum Gasteiger partial charge on any atom is -0.507 e. The first-order chi connectivity index (χ1) is 25.2. The summed E-state index contributed by atoms with van der Waals surface area (Å²) in [4.78, 5) is 51.3. The molecule has 0 saturated heterocycles. The van der Waals surface area contributed by atoms with Crippen LogP contribution in [0.4, 0.5) is 5.69 Å². The number of carboxylic acid groups (broad SMARTS) is 1. The Morgan fingerprint density at radius 2 is 1.63 bits per heavy atom. The van der Waals surface area contributed by atoms with Gasteiger partial charge in [-0.2, -0.15) is 0 Å². The topological polar surface area (TPSA) is 228 Å². The maximum absolute atomic E-state index is 14.2. The van der Waals surface area contributed by atoms with Crippen molar-refractivity contribution in [1.82, 2.24) is 0 Å². The fraction of sp³-hybridized carbons (Fsp3) is 0.487. The maximum Gasteiger partial charge on any atom is 0.341 e. The van der Waals surface area contributed by atoms with Crippen LogP contribution in [0.15, 0.2) is 42.2 Å². The van der Waals surface area contributed by atoms with Gasteiger partial charge in [-0.1, -0.05) is 45.9 Å². The molecule has 5 rings (SSSR count). The maximum atomic E-state index is 14.2. The van der Waals surface area contributed by atoms with E-state index in [1.165, 1.54) is 53.2 Å². The number of fused-ring (bicyclic) bond motifs is 14. The van der Waals surface area contributed by atoms with Crippen LogP contribution in [0, 0.1) is 30.6 Å².